The number of amides is 1. The lowest BCUT2D eigenvalue weighted by Crippen LogP contribution is -2.16. The number of ether oxygens (including phenoxy) is 2. The van der Waals surface area contributed by atoms with Crippen LogP contribution in [0, 0.1) is 0 Å². The Kier molecular flexibility index (Phi) is 6.90. The fraction of sp³-hybridized carbons (Fsp3) is 0.174. The lowest BCUT2D eigenvalue weighted by Gasteiger charge is -2.11. The highest BCUT2D eigenvalue weighted by Gasteiger charge is 2.06. The molecule has 28 heavy (non-hydrogen) atoms. The van der Waals surface area contributed by atoms with Gasteiger partial charge in [0, 0.05) is 18.7 Å². The highest BCUT2D eigenvalue weighted by atomic mass is 16.5. The van der Waals surface area contributed by atoms with Crippen LogP contribution in [0.1, 0.15) is 12.0 Å². The van der Waals surface area contributed by atoms with Crippen molar-refractivity contribution in [2.24, 2.45) is 0 Å². The quantitative estimate of drug-likeness (QED) is 0.568. The van der Waals surface area contributed by atoms with Gasteiger partial charge in [-0.25, -0.2) is 0 Å². The number of rotatable bonds is 9. The van der Waals surface area contributed by atoms with Crippen molar-refractivity contribution < 1.29 is 14.3 Å². The summed E-state index contributed by atoms with van der Waals surface area (Å²) in [5.74, 6) is 1.39. The molecule has 1 amide bonds. The minimum absolute atomic E-state index is 0.0696. The fourth-order valence-corrected chi connectivity index (χ4v) is 2.69. The van der Waals surface area contributed by atoms with Gasteiger partial charge < -0.3 is 20.1 Å². The van der Waals surface area contributed by atoms with Crippen LogP contribution in [0.3, 0.4) is 0 Å². The summed E-state index contributed by atoms with van der Waals surface area (Å²) in [7, 11) is 1.58. The van der Waals surface area contributed by atoms with Gasteiger partial charge in [0.2, 0.25) is 5.91 Å². The van der Waals surface area contributed by atoms with Crippen LogP contribution in [0.25, 0.3) is 0 Å². The molecule has 0 spiro atoms. The lowest BCUT2D eigenvalue weighted by atomic mass is 10.2. The number of hydrogen-bond donors (Lipinski definition) is 2. The van der Waals surface area contributed by atoms with E-state index < -0.39 is 0 Å². The van der Waals surface area contributed by atoms with E-state index in [9.17, 15) is 4.79 Å². The van der Waals surface area contributed by atoms with Crippen molar-refractivity contribution >= 4 is 17.3 Å². The molecular weight excluding hydrogens is 352 g/mol. The summed E-state index contributed by atoms with van der Waals surface area (Å²) in [5, 5.41) is 6.11. The Hall–Kier alpha value is -3.47. The molecule has 0 fully saturated rings. The molecule has 5 heteroatoms. The van der Waals surface area contributed by atoms with Gasteiger partial charge in [0.05, 0.1) is 12.8 Å². The molecule has 0 bridgehead atoms. The van der Waals surface area contributed by atoms with E-state index in [0.717, 1.165) is 17.0 Å². The second-order valence-corrected chi connectivity index (χ2v) is 6.22. The first-order valence-electron chi connectivity index (χ1n) is 9.18. The summed E-state index contributed by atoms with van der Waals surface area (Å²) in [5.41, 5.74) is 2.75. The van der Waals surface area contributed by atoms with Crippen molar-refractivity contribution in [1.29, 1.82) is 0 Å². The van der Waals surface area contributed by atoms with E-state index in [1.54, 1.807) is 7.11 Å². The van der Waals surface area contributed by atoms with E-state index in [-0.39, 0.29) is 5.91 Å². The molecule has 0 aliphatic heterocycles. The number of anilines is 2. The lowest BCUT2D eigenvalue weighted by molar-refractivity contribution is -0.116. The Balaban J connectivity index is 1.41. The summed E-state index contributed by atoms with van der Waals surface area (Å²) in [6, 6.07) is 25.1. The summed E-state index contributed by atoms with van der Waals surface area (Å²) in [4.78, 5) is 12.1. The van der Waals surface area contributed by atoms with Gasteiger partial charge in [-0.2, -0.15) is 0 Å². The molecule has 0 atom stereocenters. The number of methoxy groups -OCH3 is 1. The van der Waals surface area contributed by atoms with Gasteiger partial charge in [-0.15, -0.1) is 0 Å². The topological polar surface area (TPSA) is 59.6 Å². The molecule has 0 radical (unpaired) electrons. The molecular formula is C23H24N2O3. The van der Waals surface area contributed by atoms with Crippen molar-refractivity contribution in [2.45, 2.75) is 13.0 Å². The Morgan fingerprint density at radius 1 is 0.893 bits per heavy atom. The van der Waals surface area contributed by atoms with Gasteiger partial charge in [-0.1, -0.05) is 42.5 Å². The third kappa shape index (κ3) is 5.77. The molecule has 3 rings (SSSR count). The van der Waals surface area contributed by atoms with Crippen molar-refractivity contribution in [3.8, 4) is 11.5 Å². The number of carbonyl (C=O) groups is 1. The zero-order valence-corrected chi connectivity index (χ0v) is 15.9. The Labute approximate surface area is 165 Å². The fourth-order valence-electron chi connectivity index (χ4n) is 2.69. The van der Waals surface area contributed by atoms with Crippen LogP contribution in [0.5, 0.6) is 11.5 Å². The smallest absolute Gasteiger partial charge is 0.226 e. The van der Waals surface area contributed by atoms with E-state index in [2.05, 4.69) is 10.6 Å². The van der Waals surface area contributed by atoms with Gasteiger partial charge >= 0.3 is 0 Å². The Bertz CT molecular complexity index is 880. The molecule has 0 heterocycles. The van der Waals surface area contributed by atoms with Crippen molar-refractivity contribution in [1.82, 2.24) is 0 Å². The van der Waals surface area contributed by atoms with Crippen molar-refractivity contribution in [3.05, 3.63) is 84.4 Å². The van der Waals surface area contributed by atoms with Gasteiger partial charge in [-0.05, 0) is 42.0 Å². The second-order valence-electron chi connectivity index (χ2n) is 6.22. The average molecular weight is 376 g/mol. The zero-order valence-electron chi connectivity index (χ0n) is 15.9. The molecule has 3 aromatic carbocycles. The number of nitrogens with one attached hydrogen (secondary N) is 2. The van der Waals surface area contributed by atoms with Gasteiger partial charge in [0.25, 0.3) is 0 Å². The summed E-state index contributed by atoms with van der Waals surface area (Å²) >= 11 is 0. The van der Waals surface area contributed by atoms with Crippen molar-refractivity contribution in [3.63, 3.8) is 0 Å². The maximum absolute atomic E-state index is 12.1. The van der Waals surface area contributed by atoms with Crippen LogP contribution in [0.4, 0.5) is 11.4 Å². The number of benzene rings is 3. The second kappa shape index (κ2) is 10.0. The zero-order chi connectivity index (χ0) is 19.6. The largest absolute Gasteiger partial charge is 0.495 e. The molecule has 0 aliphatic carbocycles. The summed E-state index contributed by atoms with van der Waals surface area (Å²) < 4.78 is 11.0. The van der Waals surface area contributed by atoms with Crippen LogP contribution < -0.4 is 20.1 Å². The van der Waals surface area contributed by atoms with Gasteiger partial charge in [0.15, 0.2) is 0 Å². The van der Waals surface area contributed by atoms with E-state index in [1.165, 1.54) is 0 Å². The molecule has 0 aliphatic rings. The monoisotopic (exact) mass is 376 g/mol. The van der Waals surface area contributed by atoms with Gasteiger partial charge in [0.1, 0.15) is 18.1 Å². The maximum Gasteiger partial charge on any atom is 0.226 e. The SMILES string of the molecule is COc1ccccc1NC(=O)CCNc1ccc(OCc2ccccc2)cc1. The minimum Gasteiger partial charge on any atom is -0.495 e. The predicted octanol–water partition coefficient (Wildman–Crippen LogP) is 4.71. The molecule has 3 aromatic rings. The third-order valence-corrected chi connectivity index (χ3v) is 4.16. The molecule has 144 valence electrons. The maximum atomic E-state index is 12.1. The van der Waals surface area contributed by atoms with Gasteiger partial charge in [-0.3, -0.25) is 4.79 Å². The van der Waals surface area contributed by atoms with Crippen molar-refractivity contribution in [2.75, 3.05) is 24.3 Å². The molecule has 0 saturated heterocycles. The van der Waals surface area contributed by atoms with Crippen LogP contribution in [0.15, 0.2) is 78.9 Å². The third-order valence-electron chi connectivity index (χ3n) is 4.16. The highest BCUT2D eigenvalue weighted by Crippen LogP contribution is 2.23. The Morgan fingerprint density at radius 2 is 1.61 bits per heavy atom. The van der Waals surface area contributed by atoms with Crippen LogP contribution in [-0.4, -0.2) is 19.6 Å². The molecule has 2 N–H and O–H groups in total. The van der Waals surface area contributed by atoms with E-state index in [4.69, 9.17) is 9.47 Å². The Morgan fingerprint density at radius 3 is 2.36 bits per heavy atom. The molecule has 5 nitrogen and oxygen atoms in total. The summed E-state index contributed by atoms with van der Waals surface area (Å²) in [6.07, 6.45) is 0.351. The van der Waals surface area contributed by atoms with Crippen LogP contribution in [0.2, 0.25) is 0 Å². The van der Waals surface area contributed by atoms with Crippen LogP contribution in [-0.2, 0) is 11.4 Å². The summed E-state index contributed by atoms with van der Waals surface area (Å²) in [6.45, 7) is 1.07. The first-order chi connectivity index (χ1) is 13.7. The number of para-hydroxylation sites is 2. The number of carbonyl (C=O) groups excluding carboxylic acids is 1. The first kappa shape index (κ1) is 19.3. The molecule has 0 aromatic heterocycles. The minimum atomic E-state index is -0.0696. The van der Waals surface area contributed by atoms with Crippen LogP contribution >= 0.6 is 0 Å². The first-order valence-corrected chi connectivity index (χ1v) is 9.18. The normalized spacial score (nSPS) is 10.2. The highest BCUT2D eigenvalue weighted by molar-refractivity contribution is 5.92. The molecule has 0 saturated carbocycles. The predicted molar refractivity (Wildman–Crippen MR) is 112 cm³/mol. The van der Waals surface area contributed by atoms with E-state index >= 15 is 0 Å². The average Bonchev–Trinajstić information content (AvgIpc) is 2.74. The number of hydrogen-bond acceptors (Lipinski definition) is 4. The van der Waals surface area contributed by atoms with E-state index in [0.29, 0.717) is 31.0 Å². The standard InChI is InChI=1S/C23H24N2O3/c1-27-22-10-6-5-9-21(22)25-23(26)15-16-24-19-11-13-20(14-12-19)28-17-18-7-3-2-4-8-18/h2-14,24H,15-17H2,1H3,(H,25,26). The molecule has 0 unspecified atom stereocenters. The van der Waals surface area contributed by atoms with E-state index in [1.807, 2.05) is 78.9 Å².